The summed E-state index contributed by atoms with van der Waals surface area (Å²) in [5.74, 6) is -2.96. The van der Waals surface area contributed by atoms with Crippen molar-refractivity contribution in [3.8, 4) is 17.2 Å². The van der Waals surface area contributed by atoms with Gasteiger partial charge in [-0.25, -0.2) is 5.43 Å². The van der Waals surface area contributed by atoms with Gasteiger partial charge < -0.3 is 20.6 Å². The number of amides is 2. The average Bonchev–Trinajstić information content (AvgIpc) is 2.84. The van der Waals surface area contributed by atoms with E-state index in [-0.39, 0.29) is 11.3 Å². The Bertz CT molecular complexity index is 1270. The van der Waals surface area contributed by atoms with Gasteiger partial charge in [-0.05, 0) is 48.4 Å². The van der Waals surface area contributed by atoms with Crippen molar-refractivity contribution in [1.82, 2.24) is 10.7 Å². The predicted octanol–water partition coefficient (Wildman–Crippen LogP) is 3.67. The van der Waals surface area contributed by atoms with E-state index in [9.17, 15) is 24.9 Å². The van der Waals surface area contributed by atoms with Gasteiger partial charge in [-0.15, -0.1) is 0 Å². The summed E-state index contributed by atoms with van der Waals surface area (Å²) in [5.41, 5.74) is 4.30. The Balaban J connectivity index is 1.83. The number of carbonyl (C=O) groups is 2. The van der Waals surface area contributed by atoms with Crippen molar-refractivity contribution in [2.24, 2.45) is 5.10 Å². The van der Waals surface area contributed by atoms with Crippen LogP contribution in [0, 0.1) is 0 Å². The summed E-state index contributed by atoms with van der Waals surface area (Å²) in [4.78, 5) is 25.4. The van der Waals surface area contributed by atoms with E-state index in [2.05, 4.69) is 15.8 Å². The van der Waals surface area contributed by atoms with Gasteiger partial charge in [-0.2, -0.15) is 5.10 Å². The number of hydrogen-bond acceptors (Lipinski definition) is 6. The summed E-state index contributed by atoms with van der Waals surface area (Å²) in [6.07, 6.45) is 4.46. The number of carbonyl (C=O) groups excluding carboxylic acids is 2. The number of phenolic OH excluding ortho intramolecular Hbond substituents is 3. The van der Waals surface area contributed by atoms with Crippen LogP contribution < -0.4 is 10.7 Å². The van der Waals surface area contributed by atoms with E-state index >= 15 is 0 Å². The summed E-state index contributed by atoms with van der Waals surface area (Å²) in [5, 5.41) is 35.2. The van der Waals surface area contributed by atoms with Crippen LogP contribution in [0.5, 0.6) is 17.2 Å². The molecule has 0 bridgehead atoms. The number of nitrogens with one attached hydrogen (secondary N) is 2. The fourth-order valence-electron chi connectivity index (χ4n) is 2.93. The van der Waals surface area contributed by atoms with Crippen LogP contribution in [-0.2, 0) is 4.79 Å². The van der Waals surface area contributed by atoms with Gasteiger partial charge in [-0.1, -0.05) is 54.6 Å². The van der Waals surface area contributed by atoms with Gasteiger partial charge in [0.25, 0.3) is 11.8 Å². The number of aromatic hydroxyl groups is 3. The van der Waals surface area contributed by atoms with Crippen LogP contribution >= 0.6 is 0 Å². The zero-order valence-electron chi connectivity index (χ0n) is 18.3. The van der Waals surface area contributed by atoms with Gasteiger partial charge >= 0.3 is 0 Å². The van der Waals surface area contributed by atoms with Crippen molar-refractivity contribution in [3.05, 3.63) is 107 Å². The molecule has 0 heterocycles. The van der Waals surface area contributed by atoms with Crippen molar-refractivity contribution >= 4 is 24.1 Å². The second kappa shape index (κ2) is 11.1. The second-order valence-corrected chi connectivity index (χ2v) is 7.25. The quantitative estimate of drug-likeness (QED) is 0.121. The van der Waals surface area contributed by atoms with Gasteiger partial charge in [-0.3, -0.25) is 9.59 Å². The van der Waals surface area contributed by atoms with E-state index in [1.54, 1.807) is 37.3 Å². The minimum atomic E-state index is -0.705. The highest BCUT2D eigenvalue weighted by Gasteiger charge is 2.15. The summed E-state index contributed by atoms with van der Waals surface area (Å²) >= 11 is 0. The molecule has 8 nitrogen and oxygen atoms in total. The molecule has 0 aliphatic carbocycles. The van der Waals surface area contributed by atoms with Crippen LogP contribution in [0.2, 0.25) is 0 Å². The Morgan fingerprint density at radius 2 is 1.50 bits per heavy atom. The molecule has 3 aromatic rings. The second-order valence-electron chi connectivity index (χ2n) is 7.25. The molecule has 0 spiro atoms. The largest absolute Gasteiger partial charge is 0.504 e. The molecule has 5 N–H and O–H groups in total. The third kappa shape index (κ3) is 6.33. The smallest absolute Gasteiger partial charge is 0.287 e. The van der Waals surface area contributed by atoms with Crippen molar-refractivity contribution in [1.29, 1.82) is 0 Å². The molecule has 0 radical (unpaired) electrons. The van der Waals surface area contributed by atoms with E-state index < -0.39 is 29.1 Å². The first-order chi connectivity index (χ1) is 16.3. The van der Waals surface area contributed by atoms with Crippen molar-refractivity contribution in [2.75, 3.05) is 0 Å². The van der Waals surface area contributed by atoms with Crippen molar-refractivity contribution in [2.45, 2.75) is 6.92 Å². The lowest BCUT2D eigenvalue weighted by atomic mass is 10.1. The summed E-state index contributed by atoms with van der Waals surface area (Å²) in [6.45, 7) is 1.79. The Morgan fingerprint density at radius 3 is 2.18 bits per heavy atom. The molecule has 0 saturated heterocycles. The first-order valence-corrected chi connectivity index (χ1v) is 10.2. The molecule has 0 unspecified atom stereocenters. The van der Waals surface area contributed by atoms with Gasteiger partial charge in [0.2, 0.25) is 5.75 Å². The van der Waals surface area contributed by atoms with Crippen molar-refractivity contribution < 1.29 is 24.9 Å². The number of nitrogens with zero attached hydrogens (tertiary/aromatic N) is 1. The monoisotopic (exact) mass is 457 g/mol. The fraction of sp³-hybridized carbons (Fsp3) is 0.0385. The van der Waals surface area contributed by atoms with Gasteiger partial charge in [0, 0.05) is 11.1 Å². The SMILES string of the molecule is CC(=Cc1ccccc1)C=C(NC(=O)c1ccccc1)C(=O)N/N=C/c1ccc(O)c(O)c1O. The first-order valence-electron chi connectivity index (χ1n) is 10.2. The normalized spacial score (nSPS) is 11.9. The topological polar surface area (TPSA) is 131 Å². The maximum atomic E-state index is 12.8. The molecule has 3 rings (SSSR count). The summed E-state index contributed by atoms with van der Waals surface area (Å²) in [7, 11) is 0. The molecule has 0 atom stereocenters. The highest BCUT2D eigenvalue weighted by Crippen LogP contribution is 2.36. The number of benzene rings is 3. The summed E-state index contributed by atoms with van der Waals surface area (Å²) < 4.78 is 0. The van der Waals surface area contributed by atoms with Crippen LogP contribution in [0.15, 0.2) is 95.2 Å². The standard InChI is InChI=1S/C26H23N3O5/c1-17(14-18-8-4-2-5-9-18)15-21(28-25(33)19-10-6-3-7-11-19)26(34)29-27-16-20-12-13-22(30)24(32)23(20)31/h2-16,30-32H,1H3,(H,28,33)(H,29,34)/b17-14?,21-15?,27-16+. The minimum Gasteiger partial charge on any atom is -0.504 e. The van der Waals surface area contributed by atoms with Gasteiger partial charge in [0.1, 0.15) is 5.70 Å². The predicted molar refractivity (Wildman–Crippen MR) is 129 cm³/mol. The van der Waals surface area contributed by atoms with E-state index in [1.807, 2.05) is 36.4 Å². The number of phenols is 3. The third-order valence-corrected chi connectivity index (χ3v) is 4.63. The van der Waals surface area contributed by atoms with E-state index in [0.29, 0.717) is 11.1 Å². The maximum absolute atomic E-state index is 12.8. The average molecular weight is 457 g/mol. The van der Waals surface area contributed by atoms with E-state index in [4.69, 9.17) is 0 Å². The summed E-state index contributed by atoms with van der Waals surface area (Å²) in [6, 6.07) is 20.4. The molecule has 3 aromatic carbocycles. The Kier molecular flexibility index (Phi) is 7.80. The number of allylic oxidation sites excluding steroid dienone is 2. The molecular formula is C26H23N3O5. The minimum absolute atomic E-state index is 0.0477. The van der Waals surface area contributed by atoms with Gasteiger partial charge in [0.15, 0.2) is 11.5 Å². The Labute approximate surface area is 196 Å². The highest BCUT2D eigenvalue weighted by molar-refractivity contribution is 6.03. The molecule has 0 aliphatic heterocycles. The molecule has 0 fully saturated rings. The Hall–Kier alpha value is -4.85. The first kappa shape index (κ1) is 23.8. The lowest BCUT2D eigenvalue weighted by Gasteiger charge is -2.09. The van der Waals surface area contributed by atoms with Crippen LogP contribution in [0.25, 0.3) is 6.08 Å². The lowest BCUT2D eigenvalue weighted by Crippen LogP contribution is -2.33. The molecule has 2 amide bonds. The molecule has 0 aromatic heterocycles. The zero-order valence-corrected chi connectivity index (χ0v) is 18.3. The Morgan fingerprint density at radius 1 is 0.853 bits per heavy atom. The maximum Gasteiger partial charge on any atom is 0.287 e. The van der Waals surface area contributed by atoms with Crippen LogP contribution in [0.1, 0.15) is 28.4 Å². The number of hydrazone groups is 1. The number of hydrogen-bond donors (Lipinski definition) is 5. The number of rotatable bonds is 7. The molecule has 0 aliphatic rings. The van der Waals surface area contributed by atoms with Crippen LogP contribution in [-0.4, -0.2) is 33.3 Å². The third-order valence-electron chi connectivity index (χ3n) is 4.63. The lowest BCUT2D eigenvalue weighted by molar-refractivity contribution is -0.117. The van der Waals surface area contributed by atoms with Gasteiger partial charge in [0.05, 0.1) is 6.21 Å². The van der Waals surface area contributed by atoms with Crippen LogP contribution in [0.4, 0.5) is 0 Å². The molecule has 0 saturated carbocycles. The molecule has 172 valence electrons. The van der Waals surface area contributed by atoms with E-state index in [1.165, 1.54) is 18.2 Å². The molecule has 8 heteroatoms. The van der Waals surface area contributed by atoms with E-state index in [0.717, 1.165) is 11.8 Å². The highest BCUT2D eigenvalue weighted by atomic mass is 16.3. The molecular weight excluding hydrogens is 434 g/mol. The van der Waals surface area contributed by atoms with Crippen molar-refractivity contribution in [3.63, 3.8) is 0 Å². The van der Waals surface area contributed by atoms with Crippen LogP contribution in [0.3, 0.4) is 0 Å². The fourth-order valence-corrected chi connectivity index (χ4v) is 2.93. The zero-order chi connectivity index (χ0) is 24.5. The molecule has 34 heavy (non-hydrogen) atoms.